The lowest BCUT2D eigenvalue weighted by molar-refractivity contribution is 0.768. The number of hydrogen-bond acceptors (Lipinski definition) is 4. The number of para-hydroxylation sites is 1. The quantitative estimate of drug-likeness (QED) is 0.575. The molecule has 0 saturated carbocycles. The fourth-order valence-electron chi connectivity index (χ4n) is 2.53. The molecule has 0 radical (unpaired) electrons. The van der Waals surface area contributed by atoms with Gasteiger partial charge >= 0.3 is 0 Å². The SMILES string of the molecule is Cn1cc(-c2cn3nccc3c(-c3ccccc3N)n2)cn1. The Hall–Kier alpha value is -3.15. The number of nitrogens with zero attached hydrogens (tertiary/aromatic N) is 5. The fraction of sp³-hybridized carbons (Fsp3) is 0.0625. The van der Waals surface area contributed by atoms with Gasteiger partial charge in [0.1, 0.15) is 0 Å². The molecule has 4 rings (SSSR count). The van der Waals surface area contributed by atoms with Crippen LogP contribution in [0.5, 0.6) is 0 Å². The van der Waals surface area contributed by atoms with Crippen molar-refractivity contribution in [1.82, 2.24) is 24.4 Å². The van der Waals surface area contributed by atoms with E-state index in [1.807, 2.05) is 54.3 Å². The maximum Gasteiger partial charge on any atom is 0.0988 e. The van der Waals surface area contributed by atoms with Gasteiger partial charge in [-0.25, -0.2) is 9.50 Å². The van der Waals surface area contributed by atoms with Gasteiger partial charge in [-0.15, -0.1) is 0 Å². The summed E-state index contributed by atoms with van der Waals surface area (Å²) in [6, 6.07) is 9.65. The summed E-state index contributed by atoms with van der Waals surface area (Å²) in [6.07, 6.45) is 7.37. The van der Waals surface area contributed by atoms with Crippen molar-refractivity contribution in [3.8, 4) is 22.5 Å². The average Bonchev–Trinajstić information content (AvgIpc) is 3.15. The standard InChI is InChI=1S/C16H14N6/c1-21-9-11(8-19-21)14-10-22-15(6-7-18-22)16(20-14)12-4-2-3-5-13(12)17/h2-10H,17H2,1H3. The Balaban J connectivity index is 2.01. The first-order valence-corrected chi connectivity index (χ1v) is 6.90. The van der Waals surface area contributed by atoms with E-state index in [4.69, 9.17) is 10.7 Å². The minimum absolute atomic E-state index is 0.696. The molecule has 2 N–H and O–H groups in total. The molecule has 0 bridgehead atoms. The average molecular weight is 290 g/mol. The number of aryl methyl sites for hydroxylation is 1. The van der Waals surface area contributed by atoms with Crippen molar-refractivity contribution >= 4 is 11.2 Å². The molecule has 0 unspecified atom stereocenters. The second-order valence-corrected chi connectivity index (χ2v) is 5.13. The van der Waals surface area contributed by atoms with Crippen LogP contribution in [0.2, 0.25) is 0 Å². The number of benzene rings is 1. The molecule has 0 fully saturated rings. The molecule has 3 aromatic heterocycles. The lowest BCUT2D eigenvalue weighted by Crippen LogP contribution is -1.98. The van der Waals surface area contributed by atoms with Crippen LogP contribution in [0.1, 0.15) is 0 Å². The van der Waals surface area contributed by atoms with Crippen LogP contribution in [0.4, 0.5) is 5.69 Å². The predicted molar refractivity (Wildman–Crippen MR) is 85.0 cm³/mol. The normalized spacial score (nSPS) is 11.1. The lowest BCUT2D eigenvalue weighted by atomic mass is 10.1. The molecule has 6 heteroatoms. The molecule has 3 heterocycles. The molecule has 0 saturated heterocycles. The van der Waals surface area contributed by atoms with E-state index < -0.39 is 0 Å². The maximum absolute atomic E-state index is 6.12. The minimum Gasteiger partial charge on any atom is -0.398 e. The Morgan fingerprint density at radius 2 is 1.91 bits per heavy atom. The number of rotatable bonds is 2. The van der Waals surface area contributed by atoms with Gasteiger partial charge in [0.2, 0.25) is 0 Å². The number of nitrogens with two attached hydrogens (primary N) is 1. The molecular formula is C16H14N6. The highest BCUT2D eigenvalue weighted by Crippen LogP contribution is 2.30. The largest absolute Gasteiger partial charge is 0.398 e. The van der Waals surface area contributed by atoms with Gasteiger partial charge in [-0.05, 0) is 12.1 Å². The minimum atomic E-state index is 0.696. The Morgan fingerprint density at radius 3 is 2.68 bits per heavy atom. The van der Waals surface area contributed by atoms with E-state index in [0.29, 0.717) is 5.69 Å². The Bertz CT molecular complexity index is 966. The van der Waals surface area contributed by atoms with Crippen LogP contribution >= 0.6 is 0 Å². The summed E-state index contributed by atoms with van der Waals surface area (Å²) in [5.41, 5.74) is 11.2. The van der Waals surface area contributed by atoms with Crippen molar-refractivity contribution in [3.63, 3.8) is 0 Å². The monoisotopic (exact) mass is 290 g/mol. The van der Waals surface area contributed by atoms with Gasteiger partial charge in [0.15, 0.2) is 0 Å². The topological polar surface area (TPSA) is 74.0 Å². The van der Waals surface area contributed by atoms with Crippen LogP contribution in [0, 0.1) is 0 Å². The number of hydrogen-bond donors (Lipinski definition) is 1. The van der Waals surface area contributed by atoms with Crippen LogP contribution in [0.25, 0.3) is 28.0 Å². The molecule has 22 heavy (non-hydrogen) atoms. The molecule has 0 aliphatic rings. The van der Waals surface area contributed by atoms with Crippen LogP contribution in [-0.2, 0) is 7.05 Å². The first-order valence-electron chi connectivity index (χ1n) is 6.90. The molecular weight excluding hydrogens is 276 g/mol. The van der Waals surface area contributed by atoms with Crippen LogP contribution in [0.3, 0.4) is 0 Å². The van der Waals surface area contributed by atoms with Crippen LogP contribution in [0.15, 0.2) is 55.1 Å². The molecule has 4 aromatic rings. The zero-order valence-electron chi connectivity index (χ0n) is 12.0. The third-order valence-electron chi connectivity index (χ3n) is 3.61. The number of fused-ring (bicyclic) bond motifs is 1. The van der Waals surface area contributed by atoms with E-state index in [1.54, 1.807) is 17.1 Å². The summed E-state index contributed by atoms with van der Waals surface area (Å²) in [4.78, 5) is 4.79. The van der Waals surface area contributed by atoms with Gasteiger partial charge in [0.05, 0.1) is 35.5 Å². The van der Waals surface area contributed by atoms with Gasteiger partial charge in [-0.3, -0.25) is 4.68 Å². The van der Waals surface area contributed by atoms with Gasteiger partial charge in [-0.1, -0.05) is 18.2 Å². The molecule has 108 valence electrons. The van der Waals surface area contributed by atoms with Crippen LogP contribution < -0.4 is 5.73 Å². The highest BCUT2D eigenvalue weighted by Gasteiger charge is 2.13. The summed E-state index contributed by atoms with van der Waals surface area (Å²) in [5, 5.41) is 8.54. The molecule has 0 aliphatic heterocycles. The molecule has 1 aromatic carbocycles. The molecule has 0 spiro atoms. The van der Waals surface area contributed by atoms with E-state index in [9.17, 15) is 0 Å². The zero-order chi connectivity index (χ0) is 15.1. The molecule has 0 atom stereocenters. The first kappa shape index (κ1) is 12.6. The maximum atomic E-state index is 6.12. The second-order valence-electron chi connectivity index (χ2n) is 5.13. The third-order valence-corrected chi connectivity index (χ3v) is 3.61. The van der Waals surface area contributed by atoms with Crippen molar-refractivity contribution < 1.29 is 0 Å². The molecule has 6 nitrogen and oxygen atoms in total. The van der Waals surface area contributed by atoms with E-state index in [1.165, 1.54) is 0 Å². The smallest absolute Gasteiger partial charge is 0.0988 e. The van der Waals surface area contributed by atoms with E-state index in [2.05, 4.69) is 10.2 Å². The van der Waals surface area contributed by atoms with Crippen LogP contribution in [-0.4, -0.2) is 24.4 Å². The van der Waals surface area contributed by atoms with E-state index in [-0.39, 0.29) is 0 Å². The molecule has 0 aliphatic carbocycles. The van der Waals surface area contributed by atoms with E-state index >= 15 is 0 Å². The van der Waals surface area contributed by atoms with Crippen molar-refractivity contribution in [2.24, 2.45) is 7.05 Å². The Labute approximate surface area is 126 Å². The van der Waals surface area contributed by atoms with Gasteiger partial charge in [0, 0.05) is 30.1 Å². The molecule has 0 amide bonds. The highest BCUT2D eigenvalue weighted by molar-refractivity contribution is 5.85. The summed E-state index contributed by atoms with van der Waals surface area (Å²) >= 11 is 0. The Morgan fingerprint density at radius 1 is 1.05 bits per heavy atom. The van der Waals surface area contributed by atoms with Gasteiger partial charge in [-0.2, -0.15) is 10.2 Å². The third kappa shape index (κ3) is 1.93. The Kier molecular flexibility index (Phi) is 2.69. The summed E-state index contributed by atoms with van der Waals surface area (Å²) in [6.45, 7) is 0. The van der Waals surface area contributed by atoms with E-state index in [0.717, 1.165) is 28.0 Å². The predicted octanol–water partition coefficient (Wildman–Crippen LogP) is 2.38. The zero-order valence-corrected chi connectivity index (χ0v) is 12.0. The second kappa shape index (κ2) is 4.70. The van der Waals surface area contributed by atoms with Crippen molar-refractivity contribution in [2.75, 3.05) is 5.73 Å². The first-order chi connectivity index (χ1) is 10.7. The van der Waals surface area contributed by atoms with Gasteiger partial charge in [0.25, 0.3) is 0 Å². The summed E-state index contributed by atoms with van der Waals surface area (Å²) in [5.74, 6) is 0. The van der Waals surface area contributed by atoms with Crippen molar-refractivity contribution in [3.05, 3.63) is 55.1 Å². The number of aromatic nitrogens is 5. The van der Waals surface area contributed by atoms with Crippen molar-refractivity contribution in [1.29, 1.82) is 0 Å². The number of anilines is 1. The fourth-order valence-corrected chi connectivity index (χ4v) is 2.53. The van der Waals surface area contributed by atoms with Crippen molar-refractivity contribution in [2.45, 2.75) is 0 Å². The summed E-state index contributed by atoms with van der Waals surface area (Å²) in [7, 11) is 1.88. The highest BCUT2D eigenvalue weighted by atomic mass is 15.2. The lowest BCUT2D eigenvalue weighted by Gasteiger charge is -2.09. The van der Waals surface area contributed by atoms with Gasteiger partial charge < -0.3 is 5.73 Å². The number of nitrogen functional groups attached to an aromatic ring is 1. The summed E-state index contributed by atoms with van der Waals surface area (Å²) < 4.78 is 3.57.